The third-order valence-corrected chi connectivity index (χ3v) is 5.51. The minimum Gasteiger partial charge on any atom is -0.480 e. The lowest BCUT2D eigenvalue weighted by atomic mass is 9.97. The van der Waals surface area contributed by atoms with Crippen molar-refractivity contribution in [1.29, 1.82) is 0 Å². The van der Waals surface area contributed by atoms with E-state index in [1.807, 2.05) is 43.3 Å². The summed E-state index contributed by atoms with van der Waals surface area (Å²) in [7, 11) is 0. The van der Waals surface area contributed by atoms with Gasteiger partial charge in [-0.1, -0.05) is 30.3 Å². The number of hydrogen-bond acceptors (Lipinski definition) is 5. The summed E-state index contributed by atoms with van der Waals surface area (Å²) < 4.78 is 11.4. The number of aryl methyl sites for hydroxylation is 2. The van der Waals surface area contributed by atoms with Crippen LogP contribution in [0, 0.1) is 13.8 Å². The van der Waals surface area contributed by atoms with Crippen molar-refractivity contribution in [2.45, 2.75) is 33.2 Å². The SMILES string of the molecule is Cc1c(CC(=O)N[C@@H](C)C(=O)O)c(=O)oc2c(C)c3occ(-c4ccccc4)c3cc12. The van der Waals surface area contributed by atoms with Gasteiger partial charge in [-0.15, -0.1) is 0 Å². The number of carboxylic acid groups (broad SMARTS) is 1. The fourth-order valence-electron chi connectivity index (χ4n) is 3.76. The summed E-state index contributed by atoms with van der Waals surface area (Å²) in [6.45, 7) is 4.95. The maximum atomic E-state index is 12.6. The van der Waals surface area contributed by atoms with Crippen LogP contribution < -0.4 is 10.9 Å². The molecule has 4 rings (SSSR count). The van der Waals surface area contributed by atoms with Crippen LogP contribution >= 0.6 is 0 Å². The molecule has 31 heavy (non-hydrogen) atoms. The zero-order valence-corrected chi connectivity index (χ0v) is 17.3. The zero-order chi connectivity index (χ0) is 22.3. The molecule has 0 aliphatic carbocycles. The number of carbonyl (C=O) groups excluding carboxylic acids is 1. The Kier molecular flexibility index (Phi) is 5.10. The van der Waals surface area contributed by atoms with Gasteiger partial charge in [-0.05, 0) is 38.0 Å². The maximum absolute atomic E-state index is 12.6. The van der Waals surface area contributed by atoms with Crippen molar-refractivity contribution in [3.8, 4) is 11.1 Å². The summed E-state index contributed by atoms with van der Waals surface area (Å²) in [5.41, 5.74) is 3.85. The van der Waals surface area contributed by atoms with Gasteiger partial charge in [-0.3, -0.25) is 9.59 Å². The van der Waals surface area contributed by atoms with Crippen molar-refractivity contribution in [3.05, 3.63) is 69.8 Å². The molecule has 7 nitrogen and oxygen atoms in total. The molecule has 4 aromatic rings. The Morgan fingerprint density at radius 3 is 2.45 bits per heavy atom. The van der Waals surface area contributed by atoms with Crippen molar-refractivity contribution < 1.29 is 23.5 Å². The first-order valence-electron chi connectivity index (χ1n) is 9.82. The van der Waals surface area contributed by atoms with Crippen LogP contribution in [-0.2, 0) is 16.0 Å². The number of rotatable bonds is 5. The Bertz CT molecular complexity index is 1380. The molecule has 0 aliphatic rings. The molecule has 1 amide bonds. The quantitative estimate of drug-likeness (QED) is 0.474. The summed E-state index contributed by atoms with van der Waals surface area (Å²) in [6.07, 6.45) is 1.41. The lowest BCUT2D eigenvalue weighted by molar-refractivity contribution is -0.141. The molecule has 2 aromatic carbocycles. The molecular formula is C24H21NO6. The molecule has 158 valence electrons. The third kappa shape index (κ3) is 3.59. The Labute approximate surface area is 177 Å². The van der Waals surface area contributed by atoms with E-state index >= 15 is 0 Å². The summed E-state index contributed by atoms with van der Waals surface area (Å²) in [5, 5.41) is 12.9. The van der Waals surface area contributed by atoms with Gasteiger partial charge in [0.05, 0.1) is 18.2 Å². The Morgan fingerprint density at radius 1 is 1.06 bits per heavy atom. The Morgan fingerprint density at radius 2 is 1.77 bits per heavy atom. The first-order chi connectivity index (χ1) is 14.8. The van der Waals surface area contributed by atoms with Gasteiger partial charge in [0.15, 0.2) is 0 Å². The van der Waals surface area contributed by atoms with Gasteiger partial charge < -0.3 is 19.3 Å². The highest BCUT2D eigenvalue weighted by Crippen LogP contribution is 2.37. The van der Waals surface area contributed by atoms with Crippen LogP contribution in [0.25, 0.3) is 33.1 Å². The van der Waals surface area contributed by atoms with Gasteiger partial charge in [-0.2, -0.15) is 0 Å². The predicted molar refractivity (Wildman–Crippen MR) is 116 cm³/mol. The van der Waals surface area contributed by atoms with Crippen LogP contribution in [0.15, 0.2) is 56.3 Å². The van der Waals surface area contributed by atoms with Gasteiger partial charge in [0.1, 0.15) is 17.2 Å². The van der Waals surface area contributed by atoms with Gasteiger partial charge in [0, 0.05) is 21.9 Å². The van der Waals surface area contributed by atoms with E-state index in [-0.39, 0.29) is 12.0 Å². The van der Waals surface area contributed by atoms with E-state index < -0.39 is 23.5 Å². The minimum absolute atomic E-state index is 0.200. The van der Waals surface area contributed by atoms with Gasteiger partial charge in [-0.25, -0.2) is 4.79 Å². The molecule has 2 heterocycles. The lowest BCUT2D eigenvalue weighted by Crippen LogP contribution is -2.39. The molecule has 0 aliphatic heterocycles. The van der Waals surface area contributed by atoms with Crippen LogP contribution in [0.3, 0.4) is 0 Å². The monoisotopic (exact) mass is 419 g/mol. The molecular weight excluding hydrogens is 398 g/mol. The van der Waals surface area contributed by atoms with Crippen LogP contribution in [0.5, 0.6) is 0 Å². The van der Waals surface area contributed by atoms with Crippen LogP contribution in [-0.4, -0.2) is 23.0 Å². The van der Waals surface area contributed by atoms with Gasteiger partial charge in [0.2, 0.25) is 5.91 Å². The fraction of sp³-hybridized carbons (Fsp3) is 0.208. The van der Waals surface area contributed by atoms with E-state index in [0.29, 0.717) is 27.7 Å². The average molecular weight is 419 g/mol. The molecule has 0 saturated carbocycles. The molecule has 0 unspecified atom stereocenters. The number of carboxylic acids is 1. The number of amides is 1. The number of aliphatic carboxylic acids is 1. The highest BCUT2D eigenvalue weighted by Gasteiger charge is 2.21. The average Bonchev–Trinajstić information content (AvgIpc) is 3.17. The second-order valence-electron chi connectivity index (χ2n) is 7.57. The minimum atomic E-state index is -1.15. The highest BCUT2D eigenvalue weighted by atomic mass is 16.4. The maximum Gasteiger partial charge on any atom is 0.340 e. The lowest BCUT2D eigenvalue weighted by Gasteiger charge is -2.12. The molecule has 2 aromatic heterocycles. The number of fused-ring (bicyclic) bond motifs is 2. The molecule has 7 heteroatoms. The van der Waals surface area contributed by atoms with E-state index in [0.717, 1.165) is 16.5 Å². The van der Waals surface area contributed by atoms with Crippen molar-refractivity contribution in [3.63, 3.8) is 0 Å². The van der Waals surface area contributed by atoms with E-state index in [4.69, 9.17) is 13.9 Å². The third-order valence-electron chi connectivity index (χ3n) is 5.51. The fourth-order valence-corrected chi connectivity index (χ4v) is 3.76. The number of hydrogen-bond donors (Lipinski definition) is 2. The molecule has 0 radical (unpaired) electrons. The van der Waals surface area contributed by atoms with Crippen LogP contribution in [0.1, 0.15) is 23.6 Å². The van der Waals surface area contributed by atoms with E-state index in [1.54, 1.807) is 13.2 Å². The van der Waals surface area contributed by atoms with E-state index in [2.05, 4.69) is 5.32 Å². The molecule has 0 bridgehead atoms. The second kappa shape index (κ2) is 7.75. The number of benzene rings is 2. The topological polar surface area (TPSA) is 110 Å². The number of furan rings is 1. The standard InChI is InChI=1S/C24H21NO6/c1-12-16-9-18-19(15-7-5-4-6-8-15)11-30-21(18)13(2)22(16)31-24(29)17(12)10-20(26)25-14(3)23(27)28/h4-9,11,14H,10H2,1-3H3,(H,25,26)(H,27,28)/t14-/m0/s1. The normalized spacial score (nSPS) is 12.2. The summed E-state index contributed by atoms with van der Waals surface area (Å²) in [6, 6.07) is 10.7. The smallest absolute Gasteiger partial charge is 0.340 e. The van der Waals surface area contributed by atoms with Crippen molar-refractivity contribution in [2.75, 3.05) is 0 Å². The van der Waals surface area contributed by atoms with Crippen LogP contribution in [0.4, 0.5) is 0 Å². The first-order valence-corrected chi connectivity index (χ1v) is 9.82. The number of nitrogens with one attached hydrogen (secondary N) is 1. The summed E-state index contributed by atoms with van der Waals surface area (Å²) in [4.78, 5) is 35.9. The van der Waals surface area contributed by atoms with Crippen molar-refractivity contribution in [1.82, 2.24) is 5.32 Å². The Balaban J connectivity index is 1.85. The van der Waals surface area contributed by atoms with E-state index in [1.165, 1.54) is 6.92 Å². The molecule has 2 N–H and O–H groups in total. The van der Waals surface area contributed by atoms with Crippen molar-refractivity contribution in [2.24, 2.45) is 0 Å². The molecule has 0 spiro atoms. The molecule has 0 fully saturated rings. The van der Waals surface area contributed by atoms with Crippen molar-refractivity contribution >= 4 is 33.8 Å². The first kappa shape index (κ1) is 20.4. The van der Waals surface area contributed by atoms with Gasteiger partial charge in [0.25, 0.3) is 0 Å². The summed E-state index contributed by atoms with van der Waals surface area (Å²) in [5.74, 6) is -1.71. The summed E-state index contributed by atoms with van der Waals surface area (Å²) >= 11 is 0. The van der Waals surface area contributed by atoms with E-state index in [9.17, 15) is 14.4 Å². The highest BCUT2D eigenvalue weighted by molar-refractivity contribution is 6.05. The number of carbonyl (C=O) groups is 2. The Hall–Kier alpha value is -3.87. The zero-order valence-electron chi connectivity index (χ0n) is 17.3. The van der Waals surface area contributed by atoms with Gasteiger partial charge >= 0.3 is 11.6 Å². The predicted octanol–water partition coefficient (Wildman–Crippen LogP) is 3.95. The van der Waals surface area contributed by atoms with Crippen LogP contribution in [0.2, 0.25) is 0 Å². The second-order valence-corrected chi connectivity index (χ2v) is 7.57. The largest absolute Gasteiger partial charge is 0.480 e. The molecule has 1 atom stereocenters. The molecule has 0 saturated heterocycles.